The van der Waals surface area contributed by atoms with Gasteiger partial charge in [0, 0.05) is 11.5 Å². The van der Waals surface area contributed by atoms with Crippen molar-refractivity contribution in [2.45, 2.75) is 25.7 Å². The molecule has 0 atom stereocenters. The van der Waals surface area contributed by atoms with Crippen molar-refractivity contribution in [1.82, 2.24) is 10.6 Å². The molecule has 5 heteroatoms. The number of carbonyl (C=O) groups is 1. The highest BCUT2D eigenvalue weighted by Gasteiger charge is 2.29. The first-order chi connectivity index (χ1) is 10.3. The number of rotatable bonds is 5. The Hall–Kier alpha value is -1.26. The van der Waals surface area contributed by atoms with E-state index in [1.165, 1.54) is 11.1 Å². The van der Waals surface area contributed by atoms with Crippen molar-refractivity contribution in [2.75, 3.05) is 26.2 Å². The van der Waals surface area contributed by atoms with Crippen LogP contribution in [0.5, 0.6) is 5.75 Å². The lowest BCUT2D eigenvalue weighted by molar-refractivity contribution is -0.122. The Kier molecular flexibility index (Phi) is 4.66. The molecule has 0 saturated heterocycles. The highest BCUT2D eigenvalue weighted by molar-refractivity contribution is 6.32. The van der Waals surface area contributed by atoms with Crippen LogP contribution in [0.4, 0.5) is 0 Å². The van der Waals surface area contributed by atoms with Gasteiger partial charge < -0.3 is 15.4 Å². The quantitative estimate of drug-likeness (QED) is 0.817. The van der Waals surface area contributed by atoms with Crippen LogP contribution >= 0.6 is 11.6 Å². The van der Waals surface area contributed by atoms with Crippen LogP contribution in [0.25, 0.3) is 0 Å². The van der Waals surface area contributed by atoms with Crippen LogP contribution in [0.2, 0.25) is 5.02 Å². The summed E-state index contributed by atoms with van der Waals surface area (Å²) in [5.41, 5.74) is 2.52. The Morgan fingerprint density at radius 1 is 1.33 bits per heavy atom. The van der Waals surface area contributed by atoms with Gasteiger partial charge in [-0.2, -0.15) is 0 Å². The van der Waals surface area contributed by atoms with E-state index in [0.29, 0.717) is 18.2 Å². The predicted molar refractivity (Wildman–Crippen MR) is 83.0 cm³/mol. The number of hydrogen-bond donors (Lipinski definition) is 2. The third-order valence-corrected chi connectivity index (χ3v) is 4.33. The molecule has 1 aliphatic heterocycles. The molecule has 1 aromatic rings. The molecule has 21 heavy (non-hydrogen) atoms. The fourth-order valence-corrected chi connectivity index (χ4v) is 2.91. The average molecular weight is 309 g/mol. The highest BCUT2D eigenvalue weighted by Crippen LogP contribution is 2.33. The minimum absolute atomic E-state index is 0.154. The molecule has 0 spiro atoms. The van der Waals surface area contributed by atoms with Crippen LogP contribution in [0.1, 0.15) is 24.0 Å². The zero-order valence-corrected chi connectivity index (χ0v) is 12.8. The van der Waals surface area contributed by atoms with Crippen LogP contribution < -0.4 is 15.4 Å². The summed E-state index contributed by atoms with van der Waals surface area (Å²) in [6.45, 7) is 2.93. The molecule has 1 saturated carbocycles. The van der Waals surface area contributed by atoms with Crippen molar-refractivity contribution in [3.8, 4) is 5.75 Å². The standard InChI is InChI=1S/C16H21ClN2O2/c17-14-4-3-11-5-7-18-8-6-13(11)15(14)21-10-9-19-16(20)12-1-2-12/h3-4,12,18H,1-2,5-10H2,(H,19,20). The fraction of sp³-hybridized carbons (Fsp3) is 0.562. The molecule has 1 amide bonds. The maximum absolute atomic E-state index is 11.6. The second-order valence-corrected chi connectivity index (χ2v) is 6.09. The topological polar surface area (TPSA) is 50.4 Å². The van der Waals surface area contributed by atoms with E-state index in [1.807, 2.05) is 6.07 Å². The Labute approximate surface area is 130 Å². The van der Waals surface area contributed by atoms with Crippen LogP contribution in [0.15, 0.2) is 12.1 Å². The SMILES string of the molecule is O=C(NCCOc1c(Cl)ccc2c1CCNCC2)C1CC1. The van der Waals surface area contributed by atoms with Crippen LogP contribution in [-0.2, 0) is 17.6 Å². The number of amides is 1. The molecular formula is C16H21ClN2O2. The van der Waals surface area contributed by atoms with Gasteiger partial charge >= 0.3 is 0 Å². The number of halogens is 1. The molecule has 0 unspecified atom stereocenters. The summed E-state index contributed by atoms with van der Waals surface area (Å²) in [7, 11) is 0. The molecule has 0 bridgehead atoms. The molecule has 3 rings (SSSR count). The van der Waals surface area contributed by atoms with Crippen molar-refractivity contribution >= 4 is 17.5 Å². The van der Waals surface area contributed by atoms with Gasteiger partial charge in [-0.15, -0.1) is 0 Å². The van der Waals surface area contributed by atoms with E-state index >= 15 is 0 Å². The van der Waals surface area contributed by atoms with E-state index in [-0.39, 0.29) is 11.8 Å². The molecule has 0 aromatic heterocycles. The van der Waals surface area contributed by atoms with Crippen LogP contribution in [0, 0.1) is 5.92 Å². The largest absolute Gasteiger partial charge is 0.490 e. The Morgan fingerprint density at radius 3 is 2.95 bits per heavy atom. The van der Waals surface area contributed by atoms with Gasteiger partial charge in [-0.05, 0) is 50.4 Å². The first-order valence-electron chi connectivity index (χ1n) is 7.67. The summed E-state index contributed by atoms with van der Waals surface area (Å²) in [6, 6.07) is 4.00. The molecular weight excluding hydrogens is 288 g/mol. The summed E-state index contributed by atoms with van der Waals surface area (Å²) in [6.07, 6.45) is 3.98. The number of ether oxygens (including phenoxy) is 1. The normalized spacial score (nSPS) is 17.8. The molecule has 2 aliphatic rings. The second-order valence-electron chi connectivity index (χ2n) is 5.68. The average Bonchev–Trinajstić information content (AvgIpc) is 3.31. The van der Waals surface area contributed by atoms with Crippen molar-refractivity contribution in [1.29, 1.82) is 0 Å². The number of benzene rings is 1. The summed E-state index contributed by atoms with van der Waals surface area (Å²) >= 11 is 6.28. The lowest BCUT2D eigenvalue weighted by Gasteiger charge is -2.15. The molecule has 0 radical (unpaired) electrons. The van der Waals surface area contributed by atoms with Crippen molar-refractivity contribution < 1.29 is 9.53 Å². The highest BCUT2D eigenvalue weighted by atomic mass is 35.5. The molecule has 1 fully saturated rings. The van der Waals surface area contributed by atoms with Gasteiger partial charge in [0.1, 0.15) is 12.4 Å². The number of hydrogen-bond acceptors (Lipinski definition) is 3. The Bertz CT molecular complexity index is 529. The maximum Gasteiger partial charge on any atom is 0.223 e. The minimum atomic E-state index is 0.154. The third-order valence-electron chi connectivity index (χ3n) is 4.03. The van der Waals surface area contributed by atoms with Gasteiger partial charge in [-0.1, -0.05) is 17.7 Å². The van der Waals surface area contributed by atoms with Gasteiger partial charge in [0.05, 0.1) is 11.6 Å². The van der Waals surface area contributed by atoms with Gasteiger partial charge in [-0.25, -0.2) is 0 Å². The van der Waals surface area contributed by atoms with Gasteiger partial charge in [0.25, 0.3) is 0 Å². The third kappa shape index (κ3) is 3.69. The monoisotopic (exact) mass is 308 g/mol. The molecule has 4 nitrogen and oxygen atoms in total. The van der Waals surface area contributed by atoms with Crippen LogP contribution in [-0.4, -0.2) is 32.1 Å². The van der Waals surface area contributed by atoms with E-state index < -0.39 is 0 Å². The lowest BCUT2D eigenvalue weighted by atomic mass is 10.0. The summed E-state index contributed by atoms with van der Waals surface area (Å²) in [5, 5.41) is 6.95. The molecule has 1 heterocycles. The van der Waals surface area contributed by atoms with Gasteiger partial charge in [0.15, 0.2) is 0 Å². The zero-order chi connectivity index (χ0) is 14.7. The summed E-state index contributed by atoms with van der Waals surface area (Å²) in [4.78, 5) is 11.6. The van der Waals surface area contributed by atoms with E-state index in [1.54, 1.807) is 0 Å². The molecule has 2 N–H and O–H groups in total. The number of fused-ring (bicyclic) bond motifs is 1. The maximum atomic E-state index is 11.6. The van der Waals surface area contributed by atoms with Gasteiger partial charge in [0.2, 0.25) is 5.91 Å². The van der Waals surface area contributed by atoms with Crippen LogP contribution in [0.3, 0.4) is 0 Å². The summed E-state index contributed by atoms with van der Waals surface area (Å²) < 4.78 is 5.87. The Balaban J connectivity index is 1.60. The first kappa shape index (κ1) is 14.7. The van der Waals surface area contributed by atoms with E-state index in [9.17, 15) is 4.79 Å². The van der Waals surface area contributed by atoms with E-state index in [4.69, 9.17) is 16.3 Å². The minimum Gasteiger partial charge on any atom is -0.490 e. The van der Waals surface area contributed by atoms with Crippen molar-refractivity contribution in [2.24, 2.45) is 5.92 Å². The number of carbonyl (C=O) groups excluding carboxylic acids is 1. The zero-order valence-electron chi connectivity index (χ0n) is 12.1. The second kappa shape index (κ2) is 6.67. The lowest BCUT2D eigenvalue weighted by Crippen LogP contribution is -2.29. The summed E-state index contributed by atoms with van der Waals surface area (Å²) in [5.74, 6) is 1.19. The fourth-order valence-electron chi connectivity index (χ4n) is 2.68. The smallest absolute Gasteiger partial charge is 0.223 e. The first-order valence-corrected chi connectivity index (χ1v) is 8.05. The molecule has 114 valence electrons. The molecule has 1 aliphatic carbocycles. The van der Waals surface area contributed by atoms with Crippen molar-refractivity contribution in [3.63, 3.8) is 0 Å². The predicted octanol–water partition coefficient (Wildman–Crippen LogP) is 1.93. The Morgan fingerprint density at radius 2 is 2.14 bits per heavy atom. The van der Waals surface area contributed by atoms with Crippen molar-refractivity contribution in [3.05, 3.63) is 28.3 Å². The molecule has 1 aromatic carbocycles. The van der Waals surface area contributed by atoms with Gasteiger partial charge in [-0.3, -0.25) is 4.79 Å². The number of nitrogens with one attached hydrogen (secondary N) is 2. The van der Waals surface area contributed by atoms with E-state index in [0.717, 1.165) is 44.5 Å². The van der Waals surface area contributed by atoms with E-state index in [2.05, 4.69) is 16.7 Å².